The molecule has 2 aromatic rings. The van der Waals surface area contributed by atoms with Crippen molar-refractivity contribution in [2.24, 2.45) is 5.73 Å². The first kappa shape index (κ1) is 13.3. The number of carbonyl (C=O) groups excluding carboxylic acids is 1. The molecule has 1 aromatic carbocycles. The van der Waals surface area contributed by atoms with Crippen LogP contribution in [0.15, 0.2) is 42.7 Å². The van der Waals surface area contributed by atoms with Gasteiger partial charge in [-0.15, -0.1) is 0 Å². The van der Waals surface area contributed by atoms with Gasteiger partial charge in [0.2, 0.25) is 5.91 Å². The van der Waals surface area contributed by atoms with Crippen molar-refractivity contribution in [1.29, 1.82) is 0 Å². The molecule has 1 amide bonds. The Morgan fingerprint density at radius 2 is 2.05 bits per heavy atom. The van der Waals surface area contributed by atoms with E-state index in [4.69, 9.17) is 5.73 Å². The highest BCUT2D eigenvalue weighted by Gasteiger charge is 2.06. The predicted molar refractivity (Wildman–Crippen MR) is 73.3 cm³/mol. The lowest BCUT2D eigenvalue weighted by molar-refractivity contribution is -0.120. The zero-order valence-electron chi connectivity index (χ0n) is 10.7. The van der Waals surface area contributed by atoms with E-state index in [-0.39, 0.29) is 5.91 Å². The first-order valence-corrected chi connectivity index (χ1v) is 6.30. The van der Waals surface area contributed by atoms with Gasteiger partial charge in [-0.25, -0.2) is 0 Å². The highest BCUT2D eigenvalue weighted by molar-refractivity contribution is 5.78. The van der Waals surface area contributed by atoms with Crippen LogP contribution >= 0.6 is 0 Å². The van der Waals surface area contributed by atoms with Crippen LogP contribution in [0.25, 0.3) is 0 Å². The Hall–Kier alpha value is -2.14. The van der Waals surface area contributed by atoms with Gasteiger partial charge in [0.15, 0.2) is 0 Å². The summed E-state index contributed by atoms with van der Waals surface area (Å²) < 4.78 is 1.79. The number of aromatic nitrogens is 2. The van der Waals surface area contributed by atoms with Crippen molar-refractivity contribution < 1.29 is 4.79 Å². The molecule has 0 aliphatic heterocycles. The van der Waals surface area contributed by atoms with Crippen LogP contribution in [0.4, 0.5) is 0 Å². The normalized spacial score (nSPS) is 10.4. The van der Waals surface area contributed by atoms with Gasteiger partial charge in [0.25, 0.3) is 0 Å². The summed E-state index contributed by atoms with van der Waals surface area (Å²) in [5, 5.41) is 6.95. The van der Waals surface area contributed by atoms with Crippen molar-refractivity contribution in [3.63, 3.8) is 0 Å². The maximum absolute atomic E-state index is 11.8. The smallest absolute Gasteiger partial charge is 0.224 e. The maximum atomic E-state index is 11.8. The van der Waals surface area contributed by atoms with Crippen LogP contribution in [0.3, 0.4) is 0 Å². The Balaban J connectivity index is 1.80. The van der Waals surface area contributed by atoms with E-state index >= 15 is 0 Å². The zero-order chi connectivity index (χ0) is 13.5. The molecule has 0 aliphatic carbocycles. The first-order chi connectivity index (χ1) is 9.29. The minimum absolute atomic E-state index is 0.00746. The Kier molecular flexibility index (Phi) is 4.69. The summed E-state index contributed by atoms with van der Waals surface area (Å²) in [4.78, 5) is 11.8. The highest BCUT2D eigenvalue weighted by Crippen LogP contribution is 2.08. The van der Waals surface area contributed by atoms with Crippen LogP contribution in [-0.2, 0) is 24.3 Å². The molecule has 0 spiro atoms. The zero-order valence-corrected chi connectivity index (χ0v) is 10.7. The number of nitrogens with one attached hydrogen (secondary N) is 1. The second-order valence-electron chi connectivity index (χ2n) is 4.27. The second-order valence-corrected chi connectivity index (χ2v) is 4.27. The van der Waals surface area contributed by atoms with E-state index in [0.29, 0.717) is 26.1 Å². The van der Waals surface area contributed by atoms with Crippen LogP contribution in [0.2, 0.25) is 0 Å². The van der Waals surface area contributed by atoms with E-state index in [1.807, 2.05) is 36.5 Å². The largest absolute Gasteiger partial charge is 0.354 e. The van der Waals surface area contributed by atoms with Gasteiger partial charge in [-0.1, -0.05) is 24.3 Å². The fourth-order valence-corrected chi connectivity index (χ4v) is 1.91. The molecule has 0 fully saturated rings. The van der Waals surface area contributed by atoms with E-state index < -0.39 is 0 Å². The lowest BCUT2D eigenvalue weighted by Gasteiger charge is -2.08. The SMILES string of the molecule is NCc1ccccc1CC(=O)NCCn1cccn1. The lowest BCUT2D eigenvalue weighted by atomic mass is 10.0. The lowest BCUT2D eigenvalue weighted by Crippen LogP contribution is -2.29. The third-order valence-electron chi connectivity index (χ3n) is 2.91. The Morgan fingerprint density at radius 1 is 1.26 bits per heavy atom. The van der Waals surface area contributed by atoms with Crippen molar-refractivity contribution in [3.05, 3.63) is 53.9 Å². The average Bonchev–Trinajstić information content (AvgIpc) is 2.92. The van der Waals surface area contributed by atoms with Crippen molar-refractivity contribution in [2.45, 2.75) is 19.5 Å². The molecule has 5 heteroatoms. The molecule has 0 radical (unpaired) electrons. The van der Waals surface area contributed by atoms with Crippen molar-refractivity contribution in [1.82, 2.24) is 15.1 Å². The number of benzene rings is 1. The monoisotopic (exact) mass is 258 g/mol. The third kappa shape index (κ3) is 3.93. The molecule has 3 N–H and O–H groups in total. The van der Waals surface area contributed by atoms with Gasteiger partial charge >= 0.3 is 0 Å². The summed E-state index contributed by atoms with van der Waals surface area (Å²) in [6.07, 6.45) is 3.96. The van der Waals surface area contributed by atoms with Crippen LogP contribution in [0.5, 0.6) is 0 Å². The van der Waals surface area contributed by atoms with Crippen molar-refractivity contribution in [3.8, 4) is 0 Å². The van der Waals surface area contributed by atoms with Gasteiger partial charge in [-0.05, 0) is 17.2 Å². The molecule has 0 saturated heterocycles. The van der Waals surface area contributed by atoms with Crippen LogP contribution in [0.1, 0.15) is 11.1 Å². The van der Waals surface area contributed by atoms with E-state index in [9.17, 15) is 4.79 Å². The summed E-state index contributed by atoms with van der Waals surface area (Å²) in [6, 6.07) is 9.60. The van der Waals surface area contributed by atoms with Gasteiger partial charge in [0.1, 0.15) is 0 Å². The van der Waals surface area contributed by atoms with Gasteiger partial charge < -0.3 is 11.1 Å². The van der Waals surface area contributed by atoms with Crippen LogP contribution < -0.4 is 11.1 Å². The average molecular weight is 258 g/mol. The summed E-state index contributed by atoms with van der Waals surface area (Å²) >= 11 is 0. The molecule has 0 saturated carbocycles. The molecule has 0 bridgehead atoms. The van der Waals surface area contributed by atoms with E-state index in [0.717, 1.165) is 11.1 Å². The maximum Gasteiger partial charge on any atom is 0.224 e. The first-order valence-electron chi connectivity index (χ1n) is 6.30. The molecule has 0 unspecified atom stereocenters. The molecule has 1 aromatic heterocycles. The summed E-state index contributed by atoms with van der Waals surface area (Å²) in [5.74, 6) is 0.00746. The van der Waals surface area contributed by atoms with Gasteiger partial charge in [0.05, 0.1) is 13.0 Å². The van der Waals surface area contributed by atoms with Crippen LogP contribution in [0, 0.1) is 0 Å². The standard InChI is InChI=1S/C14H18N4O/c15-11-13-5-2-1-4-12(13)10-14(19)16-7-9-18-8-3-6-17-18/h1-6,8H,7,9-11,15H2,(H,16,19). The number of carbonyl (C=O) groups is 1. The Morgan fingerprint density at radius 3 is 2.74 bits per heavy atom. The van der Waals surface area contributed by atoms with E-state index in [1.54, 1.807) is 10.9 Å². The van der Waals surface area contributed by atoms with Crippen LogP contribution in [-0.4, -0.2) is 22.2 Å². The second kappa shape index (κ2) is 6.70. The molecule has 0 atom stereocenters. The summed E-state index contributed by atoms with van der Waals surface area (Å²) in [6.45, 7) is 1.71. The Bertz CT molecular complexity index is 522. The fourth-order valence-electron chi connectivity index (χ4n) is 1.91. The predicted octanol–water partition coefficient (Wildman–Crippen LogP) is 0.701. The number of rotatable bonds is 6. The molecule has 100 valence electrons. The topological polar surface area (TPSA) is 72.9 Å². The van der Waals surface area contributed by atoms with Gasteiger partial charge in [-0.3, -0.25) is 9.48 Å². The fraction of sp³-hybridized carbons (Fsp3) is 0.286. The minimum atomic E-state index is 0.00746. The van der Waals surface area contributed by atoms with Crippen molar-refractivity contribution >= 4 is 5.91 Å². The molecular weight excluding hydrogens is 240 g/mol. The van der Waals surface area contributed by atoms with Gasteiger partial charge in [0, 0.05) is 25.5 Å². The number of hydrogen-bond acceptors (Lipinski definition) is 3. The Labute approximate surface area is 112 Å². The third-order valence-corrected chi connectivity index (χ3v) is 2.91. The van der Waals surface area contributed by atoms with E-state index in [2.05, 4.69) is 10.4 Å². The molecule has 5 nitrogen and oxygen atoms in total. The summed E-state index contributed by atoms with van der Waals surface area (Å²) in [5.41, 5.74) is 7.65. The number of nitrogens with two attached hydrogens (primary N) is 1. The number of nitrogens with zero attached hydrogens (tertiary/aromatic N) is 2. The molecule has 19 heavy (non-hydrogen) atoms. The molecular formula is C14H18N4O. The van der Waals surface area contributed by atoms with Crippen molar-refractivity contribution in [2.75, 3.05) is 6.54 Å². The highest BCUT2D eigenvalue weighted by atomic mass is 16.1. The van der Waals surface area contributed by atoms with E-state index in [1.165, 1.54) is 0 Å². The van der Waals surface area contributed by atoms with Gasteiger partial charge in [-0.2, -0.15) is 5.10 Å². The minimum Gasteiger partial charge on any atom is -0.354 e. The quantitative estimate of drug-likeness (QED) is 0.801. The summed E-state index contributed by atoms with van der Waals surface area (Å²) in [7, 11) is 0. The number of hydrogen-bond donors (Lipinski definition) is 2. The molecule has 2 rings (SSSR count). The molecule has 1 heterocycles. The number of amides is 1. The molecule has 0 aliphatic rings.